The Balaban J connectivity index is 1.64. The molecule has 2 heterocycles. The highest BCUT2D eigenvalue weighted by atomic mass is 32.1. The number of aromatic nitrogens is 2. The van der Waals surface area contributed by atoms with Gasteiger partial charge in [-0.3, -0.25) is 14.2 Å². The van der Waals surface area contributed by atoms with Crippen molar-refractivity contribution in [3.63, 3.8) is 0 Å². The van der Waals surface area contributed by atoms with Crippen LogP contribution in [0.1, 0.15) is 81.6 Å². The van der Waals surface area contributed by atoms with Gasteiger partial charge in [0, 0.05) is 13.0 Å². The molecule has 54 heavy (non-hydrogen) atoms. The molecule has 0 unspecified atom stereocenters. The molecule has 2 aromatic heterocycles. The highest BCUT2D eigenvalue weighted by molar-refractivity contribution is 7.20. The van der Waals surface area contributed by atoms with Crippen LogP contribution in [0.4, 0.5) is 4.39 Å². The van der Waals surface area contributed by atoms with Crippen LogP contribution in [-0.4, -0.2) is 47.2 Å². The van der Waals surface area contributed by atoms with E-state index in [-0.39, 0.29) is 41.1 Å². The van der Waals surface area contributed by atoms with Crippen LogP contribution in [0, 0.1) is 12.7 Å². The van der Waals surface area contributed by atoms with E-state index in [9.17, 15) is 28.4 Å². The van der Waals surface area contributed by atoms with Crippen molar-refractivity contribution in [1.29, 1.82) is 0 Å². The van der Waals surface area contributed by atoms with Gasteiger partial charge in [-0.1, -0.05) is 87.9 Å². The first kappa shape index (κ1) is 40.5. The first-order chi connectivity index (χ1) is 25.6. The third kappa shape index (κ3) is 7.64. The Morgan fingerprint density at radius 3 is 2.11 bits per heavy atom. The largest absolute Gasteiger partial charge is 0.493 e. The van der Waals surface area contributed by atoms with Crippen molar-refractivity contribution in [2.45, 2.75) is 91.3 Å². The van der Waals surface area contributed by atoms with Crippen molar-refractivity contribution in [2.24, 2.45) is 0 Å². The Hall–Kier alpha value is -4.65. The topological polar surface area (TPSA) is 117 Å². The van der Waals surface area contributed by atoms with Crippen molar-refractivity contribution in [3.05, 3.63) is 122 Å². The Labute approximate surface area is 320 Å². The molecule has 0 aliphatic heterocycles. The fourth-order valence-electron chi connectivity index (χ4n) is 7.05. The third-order valence-corrected chi connectivity index (χ3v) is 16.0. The predicted octanol–water partition coefficient (Wildman–Crippen LogP) is 6.50. The maximum absolute atomic E-state index is 14.7. The first-order valence-corrected chi connectivity index (χ1v) is 21.1. The smallest absolute Gasteiger partial charge is 0.348 e. The molecule has 0 amide bonds. The van der Waals surface area contributed by atoms with Crippen LogP contribution in [0.5, 0.6) is 5.75 Å². The number of halogens is 1. The maximum atomic E-state index is 14.7. The molecular formula is C42H49FN2O7SSi. The number of unbranched alkanes of at least 4 members (excludes halogenated alkanes) is 1. The van der Waals surface area contributed by atoms with E-state index in [0.29, 0.717) is 23.5 Å². The molecule has 0 saturated heterocycles. The Morgan fingerprint density at radius 1 is 0.926 bits per heavy atom. The van der Waals surface area contributed by atoms with E-state index in [1.807, 2.05) is 81.4 Å². The van der Waals surface area contributed by atoms with E-state index < -0.39 is 47.7 Å². The molecule has 5 rings (SSSR count). The molecule has 0 spiro atoms. The lowest BCUT2D eigenvalue weighted by Crippen LogP contribution is -2.66. The van der Waals surface area contributed by atoms with Gasteiger partial charge in [0.2, 0.25) is 0 Å². The number of nitrogens with zero attached hydrogens (tertiary/aromatic N) is 2. The summed E-state index contributed by atoms with van der Waals surface area (Å²) in [6.45, 7) is 12.7. The molecule has 0 atom stereocenters. The van der Waals surface area contributed by atoms with Gasteiger partial charge < -0.3 is 14.3 Å². The van der Waals surface area contributed by atoms with Crippen molar-refractivity contribution in [2.75, 3.05) is 13.2 Å². The van der Waals surface area contributed by atoms with E-state index in [2.05, 4.69) is 0 Å². The second-order valence-electron chi connectivity index (χ2n) is 14.7. The number of fused-ring (bicyclic) bond motifs is 1. The van der Waals surface area contributed by atoms with Gasteiger partial charge >= 0.3 is 11.7 Å². The lowest BCUT2D eigenvalue weighted by atomic mass is 9.91. The van der Waals surface area contributed by atoms with Gasteiger partial charge in [0.05, 0.1) is 18.6 Å². The number of rotatable bonds is 16. The SMILES string of the molecule is CCCCOc1ccc(F)cc1CCn1c(=O)n(C(C)(C)C(=O)CC(C)(C)[Si](O)(c2ccccc2)c2ccccc2)c(=O)c2c(C)c(C(=O)OCC)sc21. The number of benzene rings is 3. The highest BCUT2D eigenvalue weighted by Gasteiger charge is 2.52. The zero-order chi connectivity index (χ0) is 39.4. The number of hydrogen-bond donors (Lipinski definition) is 1. The van der Waals surface area contributed by atoms with Crippen molar-refractivity contribution >= 4 is 52.0 Å². The van der Waals surface area contributed by atoms with Crippen LogP contribution in [-0.2, 0) is 28.0 Å². The standard InChI is InChI=1S/C42H49FN2O7SSi/c1-8-10-25-52-33-22-21-30(43)26-29(33)23-24-44-38-35(28(3)36(53-38)39(48)51-9-2)37(47)45(40(44)49)42(6,7)34(46)27-41(4,5)54(50,31-17-13-11-14-18-31)32-19-15-12-16-20-32/h11-22,26,50H,8-10,23-25,27H2,1-7H3. The van der Waals surface area contributed by atoms with E-state index in [4.69, 9.17) is 9.47 Å². The molecular weight excluding hydrogens is 724 g/mol. The molecule has 286 valence electrons. The highest BCUT2D eigenvalue weighted by Crippen LogP contribution is 2.41. The van der Waals surface area contributed by atoms with Gasteiger partial charge in [0.25, 0.3) is 13.9 Å². The van der Waals surface area contributed by atoms with Crippen molar-refractivity contribution in [1.82, 2.24) is 9.13 Å². The van der Waals surface area contributed by atoms with Crippen molar-refractivity contribution in [3.8, 4) is 5.75 Å². The van der Waals surface area contributed by atoms with Crippen LogP contribution in [0.2, 0.25) is 5.04 Å². The van der Waals surface area contributed by atoms with Crippen LogP contribution in [0.15, 0.2) is 88.5 Å². The fraction of sp³-hybridized carbons (Fsp3) is 0.381. The Kier molecular flexibility index (Phi) is 12.3. The van der Waals surface area contributed by atoms with Gasteiger partial charge in [0.1, 0.15) is 26.8 Å². The number of thiophene rings is 1. The molecule has 0 saturated carbocycles. The molecule has 0 bridgehead atoms. The summed E-state index contributed by atoms with van der Waals surface area (Å²) in [7, 11) is -3.64. The Bertz CT molecular complexity index is 2220. The van der Waals surface area contributed by atoms with Gasteiger partial charge in [-0.2, -0.15) is 0 Å². The first-order valence-electron chi connectivity index (χ1n) is 18.3. The molecule has 5 aromatic rings. The normalized spacial score (nSPS) is 12.2. The van der Waals surface area contributed by atoms with Gasteiger partial charge in [-0.15, -0.1) is 11.3 Å². The second kappa shape index (κ2) is 16.4. The van der Waals surface area contributed by atoms with Crippen LogP contribution < -0.4 is 26.4 Å². The average Bonchev–Trinajstić information content (AvgIpc) is 3.49. The zero-order valence-electron chi connectivity index (χ0n) is 32.0. The van der Waals surface area contributed by atoms with E-state index >= 15 is 0 Å². The van der Waals surface area contributed by atoms with Crippen LogP contribution in [0.3, 0.4) is 0 Å². The van der Waals surface area contributed by atoms with E-state index in [1.54, 1.807) is 19.9 Å². The molecule has 0 aliphatic carbocycles. The number of hydrogen-bond acceptors (Lipinski definition) is 8. The van der Waals surface area contributed by atoms with Gasteiger partial charge in [0.15, 0.2) is 5.78 Å². The zero-order valence-corrected chi connectivity index (χ0v) is 33.8. The fourth-order valence-corrected chi connectivity index (χ4v) is 11.9. The molecule has 1 N–H and O–H groups in total. The molecule has 0 fully saturated rings. The molecule has 0 radical (unpaired) electrons. The number of carbonyl (C=O) groups excluding carboxylic acids is 2. The summed E-state index contributed by atoms with van der Waals surface area (Å²) in [6, 6.07) is 22.9. The Morgan fingerprint density at radius 2 is 1.54 bits per heavy atom. The third-order valence-electron chi connectivity index (χ3n) is 10.3. The summed E-state index contributed by atoms with van der Waals surface area (Å²) in [4.78, 5) is 70.2. The molecule has 3 aromatic carbocycles. The van der Waals surface area contributed by atoms with Crippen LogP contribution in [0.25, 0.3) is 10.2 Å². The van der Waals surface area contributed by atoms with Gasteiger partial charge in [-0.25, -0.2) is 18.5 Å². The summed E-state index contributed by atoms with van der Waals surface area (Å²) in [5, 5.41) is 0.575. The lowest BCUT2D eigenvalue weighted by Gasteiger charge is -2.42. The lowest BCUT2D eigenvalue weighted by molar-refractivity contribution is -0.127. The maximum Gasteiger partial charge on any atom is 0.348 e. The molecule has 9 nitrogen and oxygen atoms in total. The quantitative estimate of drug-likeness (QED) is 0.0692. The summed E-state index contributed by atoms with van der Waals surface area (Å²) in [6.07, 6.45) is 1.72. The molecule has 0 aliphatic rings. The van der Waals surface area contributed by atoms with Crippen LogP contribution >= 0.6 is 11.3 Å². The van der Waals surface area contributed by atoms with Crippen molar-refractivity contribution < 1.29 is 28.2 Å². The number of carbonyl (C=O) groups is 2. The summed E-state index contributed by atoms with van der Waals surface area (Å²) in [5.74, 6) is -1.02. The average molecular weight is 773 g/mol. The minimum Gasteiger partial charge on any atom is -0.493 e. The minimum atomic E-state index is -3.64. The number of aryl methyl sites for hydroxylation is 3. The summed E-state index contributed by atoms with van der Waals surface area (Å²) in [5.41, 5.74) is -2.27. The van der Waals surface area contributed by atoms with E-state index in [1.165, 1.54) is 30.5 Å². The number of esters is 1. The number of ketones is 1. The summed E-state index contributed by atoms with van der Waals surface area (Å²) >= 11 is 0.980. The minimum absolute atomic E-state index is 0.00410. The number of ether oxygens (including phenoxy) is 2. The number of Topliss-reactive ketones (excluding diaryl/α,β-unsaturated/α-hetero) is 1. The predicted molar refractivity (Wildman–Crippen MR) is 215 cm³/mol. The monoisotopic (exact) mass is 772 g/mol. The van der Waals surface area contributed by atoms with Gasteiger partial charge in [-0.05, 0) is 85.3 Å². The van der Waals surface area contributed by atoms with E-state index in [0.717, 1.165) is 39.1 Å². The second-order valence-corrected chi connectivity index (χ2v) is 19.6. The summed E-state index contributed by atoms with van der Waals surface area (Å²) < 4.78 is 28.1. The molecule has 12 heteroatoms.